The Bertz CT molecular complexity index is 725. The van der Waals surface area contributed by atoms with E-state index in [0.29, 0.717) is 43.7 Å². The molecule has 0 unspecified atom stereocenters. The standard InChI is InChI=1S/C19H29N3O3S/c1-16-6-8-18(9-7-16)26(24,25)22-13-11-20(12-14-22)19(23)15-21-10-4-3-5-17(21)2/h6-9,17H,3-5,10-15H2,1-2H3/t17-/m1/s1. The normalized spacial score (nSPS) is 23.2. The minimum absolute atomic E-state index is 0.117. The van der Waals surface area contributed by atoms with Crippen LogP contribution in [0.2, 0.25) is 0 Å². The molecule has 0 bridgehead atoms. The highest BCUT2D eigenvalue weighted by molar-refractivity contribution is 7.89. The van der Waals surface area contributed by atoms with Gasteiger partial charge >= 0.3 is 0 Å². The fraction of sp³-hybridized carbons (Fsp3) is 0.632. The molecule has 2 heterocycles. The summed E-state index contributed by atoms with van der Waals surface area (Å²) >= 11 is 0. The van der Waals surface area contributed by atoms with Crippen LogP contribution in [0.1, 0.15) is 31.7 Å². The third-order valence-electron chi connectivity index (χ3n) is 5.53. The topological polar surface area (TPSA) is 60.9 Å². The van der Waals surface area contributed by atoms with Gasteiger partial charge in [-0.2, -0.15) is 4.31 Å². The smallest absolute Gasteiger partial charge is 0.243 e. The van der Waals surface area contributed by atoms with E-state index in [1.807, 2.05) is 24.0 Å². The van der Waals surface area contributed by atoms with Crippen molar-refractivity contribution in [2.24, 2.45) is 0 Å². The average molecular weight is 380 g/mol. The quantitative estimate of drug-likeness (QED) is 0.799. The lowest BCUT2D eigenvalue weighted by molar-refractivity contribution is -0.134. The molecule has 1 atom stereocenters. The Morgan fingerprint density at radius 3 is 2.31 bits per heavy atom. The number of benzene rings is 1. The summed E-state index contributed by atoms with van der Waals surface area (Å²) in [6.07, 6.45) is 3.54. The minimum atomic E-state index is -3.48. The molecule has 2 saturated heterocycles. The van der Waals surface area contributed by atoms with Gasteiger partial charge in [0.05, 0.1) is 11.4 Å². The van der Waals surface area contributed by atoms with E-state index in [0.717, 1.165) is 24.9 Å². The van der Waals surface area contributed by atoms with Gasteiger partial charge in [-0.05, 0) is 45.4 Å². The molecule has 26 heavy (non-hydrogen) atoms. The molecule has 0 spiro atoms. The second kappa shape index (κ2) is 8.06. The van der Waals surface area contributed by atoms with E-state index >= 15 is 0 Å². The first-order valence-corrected chi connectivity index (χ1v) is 10.9. The SMILES string of the molecule is Cc1ccc(S(=O)(=O)N2CCN(C(=O)CN3CCCC[C@H]3C)CC2)cc1. The number of piperidine rings is 1. The summed E-state index contributed by atoms with van der Waals surface area (Å²) in [5, 5.41) is 0. The maximum atomic E-state index is 12.7. The Labute approximate surface area is 156 Å². The van der Waals surface area contributed by atoms with Gasteiger partial charge in [0.15, 0.2) is 0 Å². The highest BCUT2D eigenvalue weighted by Crippen LogP contribution is 2.19. The molecular formula is C19H29N3O3S. The predicted octanol–water partition coefficient (Wildman–Crippen LogP) is 1.70. The molecule has 0 aromatic heterocycles. The van der Waals surface area contributed by atoms with Crippen molar-refractivity contribution in [1.82, 2.24) is 14.1 Å². The predicted molar refractivity (Wildman–Crippen MR) is 101 cm³/mol. The fourth-order valence-corrected chi connectivity index (χ4v) is 5.13. The summed E-state index contributed by atoms with van der Waals surface area (Å²) in [4.78, 5) is 17.0. The molecule has 2 fully saturated rings. The first-order chi connectivity index (χ1) is 12.4. The summed E-state index contributed by atoms with van der Waals surface area (Å²) in [5.41, 5.74) is 1.03. The molecular weight excluding hydrogens is 350 g/mol. The Morgan fingerprint density at radius 1 is 1.04 bits per heavy atom. The highest BCUT2D eigenvalue weighted by Gasteiger charge is 2.31. The molecule has 0 N–H and O–H groups in total. The van der Waals surface area contributed by atoms with Gasteiger partial charge in [-0.1, -0.05) is 24.1 Å². The molecule has 0 aliphatic carbocycles. The van der Waals surface area contributed by atoms with Crippen LogP contribution in [0.4, 0.5) is 0 Å². The summed E-state index contributed by atoms with van der Waals surface area (Å²) in [6.45, 7) is 7.19. The number of carbonyl (C=O) groups excluding carboxylic acids is 1. The van der Waals surface area contributed by atoms with E-state index in [4.69, 9.17) is 0 Å². The maximum Gasteiger partial charge on any atom is 0.243 e. The van der Waals surface area contributed by atoms with Crippen molar-refractivity contribution in [3.63, 3.8) is 0 Å². The Kier molecular flexibility index (Phi) is 5.99. The van der Waals surface area contributed by atoms with Gasteiger partial charge in [0, 0.05) is 32.2 Å². The molecule has 144 valence electrons. The molecule has 0 radical (unpaired) electrons. The zero-order chi connectivity index (χ0) is 18.7. The first-order valence-electron chi connectivity index (χ1n) is 9.46. The number of nitrogens with zero attached hydrogens (tertiary/aromatic N) is 3. The van der Waals surface area contributed by atoms with Crippen molar-refractivity contribution in [3.8, 4) is 0 Å². The Morgan fingerprint density at radius 2 is 1.69 bits per heavy atom. The van der Waals surface area contributed by atoms with E-state index in [9.17, 15) is 13.2 Å². The summed E-state index contributed by atoms with van der Waals surface area (Å²) in [7, 11) is -3.48. The van der Waals surface area contributed by atoms with Gasteiger partial charge in [-0.15, -0.1) is 0 Å². The van der Waals surface area contributed by atoms with Crippen molar-refractivity contribution in [2.75, 3.05) is 39.3 Å². The number of rotatable bonds is 4. The first kappa shape index (κ1) is 19.3. The van der Waals surface area contributed by atoms with E-state index in [1.165, 1.54) is 10.7 Å². The molecule has 3 rings (SSSR count). The molecule has 6 nitrogen and oxygen atoms in total. The number of piperazine rings is 1. The number of hydrogen-bond donors (Lipinski definition) is 0. The highest BCUT2D eigenvalue weighted by atomic mass is 32.2. The van der Waals surface area contributed by atoms with E-state index in [2.05, 4.69) is 11.8 Å². The molecule has 2 aliphatic rings. The van der Waals surface area contributed by atoms with Crippen molar-refractivity contribution in [1.29, 1.82) is 0 Å². The maximum absolute atomic E-state index is 12.7. The molecule has 0 saturated carbocycles. The van der Waals surface area contributed by atoms with Crippen LogP contribution in [-0.2, 0) is 14.8 Å². The monoisotopic (exact) mass is 379 g/mol. The fourth-order valence-electron chi connectivity index (χ4n) is 3.70. The van der Waals surface area contributed by atoms with Crippen molar-refractivity contribution < 1.29 is 13.2 Å². The van der Waals surface area contributed by atoms with Crippen molar-refractivity contribution >= 4 is 15.9 Å². The van der Waals surface area contributed by atoms with E-state index in [-0.39, 0.29) is 5.91 Å². The van der Waals surface area contributed by atoms with Crippen LogP contribution in [0.5, 0.6) is 0 Å². The van der Waals surface area contributed by atoms with Crippen LogP contribution in [0, 0.1) is 6.92 Å². The van der Waals surface area contributed by atoms with Crippen LogP contribution in [0.25, 0.3) is 0 Å². The number of hydrogen-bond acceptors (Lipinski definition) is 4. The van der Waals surface area contributed by atoms with Crippen LogP contribution in [0.15, 0.2) is 29.2 Å². The number of sulfonamides is 1. The van der Waals surface area contributed by atoms with Gasteiger partial charge in [0.25, 0.3) is 0 Å². The lowest BCUT2D eigenvalue weighted by Crippen LogP contribution is -2.53. The van der Waals surface area contributed by atoms with Crippen molar-refractivity contribution in [3.05, 3.63) is 29.8 Å². The van der Waals surface area contributed by atoms with Gasteiger partial charge in [0.1, 0.15) is 0 Å². The molecule has 1 aromatic carbocycles. The van der Waals surface area contributed by atoms with E-state index < -0.39 is 10.0 Å². The van der Waals surface area contributed by atoms with Gasteiger partial charge < -0.3 is 4.90 Å². The molecule has 7 heteroatoms. The summed E-state index contributed by atoms with van der Waals surface area (Å²) < 4.78 is 27.0. The number of carbonyl (C=O) groups is 1. The van der Waals surface area contributed by atoms with E-state index in [1.54, 1.807) is 12.1 Å². The molecule has 2 aliphatic heterocycles. The third-order valence-corrected chi connectivity index (χ3v) is 7.44. The Hall–Kier alpha value is -1.44. The number of amides is 1. The average Bonchev–Trinajstić information content (AvgIpc) is 2.64. The summed E-state index contributed by atoms with van der Waals surface area (Å²) in [5.74, 6) is 0.117. The van der Waals surface area contributed by atoms with Crippen LogP contribution < -0.4 is 0 Å². The van der Waals surface area contributed by atoms with Crippen LogP contribution in [-0.4, -0.2) is 73.7 Å². The van der Waals surface area contributed by atoms with Crippen molar-refractivity contribution in [2.45, 2.75) is 44.0 Å². The molecule has 1 amide bonds. The van der Waals surface area contributed by atoms with Gasteiger partial charge in [0.2, 0.25) is 15.9 Å². The number of aryl methyl sites for hydroxylation is 1. The second-order valence-corrected chi connectivity index (χ2v) is 9.35. The lowest BCUT2D eigenvalue weighted by Gasteiger charge is -2.37. The summed E-state index contributed by atoms with van der Waals surface area (Å²) in [6, 6.07) is 7.38. The zero-order valence-electron chi connectivity index (χ0n) is 15.7. The zero-order valence-corrected chi connectivity index (χ0v) is 16.5. The minimum Gasteiger partial charge on any atom is -0.339 e. The third kappa shape index (κ3) is 4.27. The Balaban J connectivity index is 1.56. The molecule has 1 aromatic rings. The lowest BCUT2D eigenvalue weighted by atomic mass is 10.0. The van der Waals surface area contributed by atoms with Crippen LogP contribution >= 0.6 is 0 Å². The second-order valence-electron chi connectivity index (χ2n) is 7.41. The van der Waals surface area contributed by atoms with Gasteiger partial charge in [-0.25, -0.2) is 8.42 Å². The number of likely N-dealkylation sites (tertiary alicyclic amines) is 1. The van der Waals surface area contributed by atoms with Crippen LogP contribution in [0.3, 0.4) is 0 Å². The largest absolute Gasteiger partial charge is 0.339 e. The van der Waals surface area contributed by atoms with Gasteiger partial charge in [-0.3, -0.25) is 9.69 Å².